The third kappa shape index (κ3) is 4.95. The third-order valence-corrected chi connectivity index (χ3v) is 4.58. The van der Waals surface area contributed by atoms with E-state index in [1.807, 2.05) is 13.0 Å². The van der Waals surface area contributed by atoms with Gasteiger partial charge < -0.3 is 15.5 Å². The number of hydrogen-bond donors (Lipinski definition) is 2. The molecular formula is C16H23N5O2S. The lowest BCUT2D eigenvalue weighted by Gasteiger charge is -2.23. The molecule has 8 heteroatoms. The normalized spacial score (nSPS) is 17.7. The van der Waals surface area contributed by atoms with E-state index < -0.39 is 6.04 Å². The average molecular weight is 349 g/mol. The number of hydrogen-bond acceptors (Lipinski definition) is 6. The van der Waals surface area contributed by atoms with Crippen LogP contribution in [-0.2, 0) is 9.59 Å². The fourth-order valence-corrected chi connectivity index (χ4v) is 3.50. The second-order valence-electron chi connectivity index (χ2n) is 5.38. The fraction of sp³-hybridized carbons (Fsp3) is 0.500. The van der Waals surface area contributed by atoms with E-state index in [9.17, 15) is 9.59 Å². The van der Waals surface area contributed by atoms with Gasteiger partial charge >= 0.3 is 0 Å². The van der Waals surface area contributed by atoms with Gasteiger partial charge in [-0.2, -0.15) is 0 Å². The molecule has 1 saturated heterocycles. The molecule has 0 radical (unpaired) electrons. The molecule has 2 heterocycles. The van der Waals surface area contributed by atoms with Gasteiger partial charge in [-0.05, 0) is 19.4 Å². The molecule has 1 fully saturated rings. The lowest BCUT2D eigenvalue weighted by molar-refractivity contribution is -0.135. The molecule has 1 aliphatic heterocycles. The highest BCUT2D eigenvalue weighted by atomic mass is 32.2. The summed E-state index contributed by atoms with van der Waals surface area (Å²) in [4.78, 5) is 34.5. The molecule has 2 rings (SSSR count). The Bertz CT molecular complexity index is 593. The summed E-state index contributed by atoms with van der Waals surface area (Å²) in [5.74, 6) is 1.54. The SMILES string of the molecule is CC/C=C(\C)C(=O)N1CSC[C@H]1C(=O)NCCNc1ncccn1. The minimum atomic E-state index is -0.407. The van der Waals surface area contributed by atoms with Crippen molar-refractivity contribution >= 4 is 29.5 Å². The zero-order valence-electron chi connectivity index (χ0n) is 14.0. The van der Waals surface area contributed by atoms with Crippen LogP contribution >= 0.6 is 11.8 Å². The van der Waals surface area contributed by atoms with Gasteiger partial charge in [0.2, 0.25) is 11.9 Å². The van der Waals surface area contributed by atoms with Gasteiger partial charge in [0.1, 0.15) is 6.04 Å². The van der Waals surface area contributed by atoms with E-state index >= 15 is 0 Å². The molecule has 2 N–H and O–H groups in total. The average Bonchev–Trinajstić information content (AvgIpc) is 3.08. The van der Waals surface area contributed by atoms with Crippen molar-refractivity contribution in [1.82, 2.24) is 20.2 Å². The Kier molecular flexibility index (Phi) is 7.05. The van der Waals surface area contributed by atoms with E-state index in [-0.39, 0.29) is 11.8 Å². The van der Waals surface area contributed by atoms with Crippen molar-refractivity contribution in [1.29, 1.82) is 0 Å². The molecule has 130 valence electrons. The van der Waals surface area contributed by atoms with Crippen molar-refractivity contribution in [3.8, 4) is 0 Å². The smallest absolute Gasteiger partial charge is 0.250 e. The highest BCUT2D eigenvalue weighted by Gasteiger charge is 2.34. The van der Waals surface area contributed by atoms with Gasteiger partial charge in [-0.3, -0.25) is 9.59 Å². The second-order valence-corrected chi connectivity index (χ2v) is 6.38. The maximum atomic E-state index is 12.4. The number of amides is 2. The summed E-state index contributed by atoms with van der Waals surface area (Å²) in [7, 11) is 0. The zero-order valence-corrected chi connectivity index (χ0v) is 14.8. The summed E-state index contributed by atoms with van der Waals surface area (Å²) >= 11 is 1.60. The number of aromatic nitrogens is 2. The van der Waals surface area contributed by atoms with Crippen molar-refractivity contribution in [2.24, 2.45) is 0 Å². The Morgan fingerprint density at radius 3 is 2.83 bits per heavy atom. The summed E-state index contributed by atoms with van der Waals surface area (Å²) in [6.45, 7) is 4.76. The van der Waals surface area contributed by atoms with Crippen molar-refractivity contribution in [3.63, 3.8) is 0 Å². The monoisotopic (exact) mass is 349 g/mol. The number of allylic oxidation sites excluding steroid dienone is 1. The quantitative estimate of drug-likeness (QED) is 0.569. The van der Waals surface area contributed by atoms with E-state index in [2.05, 4.69) is 20.6 Å². The first-order chi connectivity index (χ1) is 11.6. The number of thioether (sulfide) groups is 1. The molecule has 7 nitrogen and oxygen atoms in total. The predicted molar refractivity (Wildman–Crippen MR) is 95.5 cm³/mol. The zero-order chi connectivity index (χ0) is 17.4. The third-order valence-electron chi connectivity index (χ3n) is 3.57. The summed E-state index contributed by atoms with van der Waals surface area (Å²) in [5, 5.41) is 5.89. The van der Waals surface area contributed by atoms with Gasteiger partial charge in [-0.1, -0.05) is 13.0 Å². The second kappa shape index (κ2) is 9.27. The lowest BCUT2D eigenvalue weighted by Crippen LogP contribution is -2.48. The number of nitrogens with zero attached hydrogens (tertiary/aromatic N) is 3. The maximum absolute atomic E-state index is 12.4. The van der Waals surface area contributed by atoms with Crippen molar-refractivity contribution in [2.75, 3.05) is 30.0 Å². The van der Waals surface area contributed by atoms with Crippen LogP contribution in [0.25, 0.3) is 0 Å². The van der Waals surface area contributed by atoms with E-state index in [0.29, 0.717) is 36.2 Å². The van der Waals surface area contributed by atoms with Crippen LogP contribution in [0.15, 0.2) is 30.1 Å². The van der Waals surface area contributed by atoms with E-state index in [1.54, 1.807) is 42.0 Å². The van der Waals surface area contributed by atoms with Gasteiger partial charge in [0.15, 0.2) is 0 Å². The molecule has 0 aromatic carbocycles. The van der Waals surface area contributed by atoms with Crippen LogP contribution in [0, 0.1) is 0 Å². The highest BCUT2D eigenvalue weighted by Crippen LogP contribution is 2.23. The van der Waals surface area contributed by atoms with E-state index in [1.165, 1.54) is 0 Å². The first-order valence-electron chi connectivity index (χ1n) is 7.97. The van der Waals surface area contributed by atoms with Crippen molar-refractivity contribution < 1.29 is 9.59 Å². The topological polar surface area (TPSA) is 87.2 Å². The van der Waals surface area contributed by atoms with E-state index in [0.717, 1.165) is 6.42 Å². The van der Waals surface area contributed by atoms with Crippen LogP contribution in [0.1, 0.15) is 20.3 Å². The summed E-state index contributed by atoms with van der Waals surface area (Å²) in [6.07, 6.45) is 6.01. The van der Waals surface area contributed by atoms with Crippen LogP contribution in [0.3, 0.4) is 0 Å². The number of carbonyl (C=O) groups excluding carboxylic acids is 2. The Morgan fingerprint density at radius 2 is 2.12 bits per heavy atom. The number of carbonyl (C=O) groups is 2. The molecule has 0 spiro atoms. The van der Waals surface area contributed by atoms with Gasteiger partial charge in [0, 0.05) is 36.8 Å². The predicted octanol–water partition coefficient (Wildman–Crippen LogP) is 1.26. The standard InChI is InChI=1S/C16H23N5O2S/c1-3-5-12(2)15(23)21-11-24-10-13(21)14(22)17-8-9-20-16-18-6-4-7-19-16/h4-7,13H,3,8-11H2,1-2H3,(H,17,22)(H,18,19,20)/b12-5+/t13-/m0/s1. The number of anilines is 1. The summed E-state index contributed by atoms with van der Waals surface area (Å²) in [6, 6.07) is 1.33. The molecule has 0 saturated carbocycles. The van der Waals surface area contributed by atoms with Crippen LogP contribution in [-0.4, -0.2) is 57.4 Å². The molecule has 24 heavy (non-hydrogen) atoms. The Labute approximate surface area is 146 Å². The largest absolute Gasteiger partial charge is 0.353 e. The van der Waals surface area contributed by atoms with Crippen molar-refractivity contribution in [3.05, 3.63) is 30.1 Å². The maximum Gasteiger partial charge on any atom is 0.250 e. The first-order valence-corrected chi connectivity index (χ1v) is 9.13. The minimum Gasteiger partial charge on any atom is -0.353 e. The minimum absolute atomic E-state index is 0.0576. The molecule has 1 atom stereocenters. The fourth-order valence-electron chi connectivity index (χ4n) is 2.35. The van der Waals surface area contributed by atoms with Crippen molar-refractivity contribution in [2.45, 2.75) is 26.3 Å². The molecule has 0 unspecified atom stereocenters. The summed E-state index contributed by atoms with van der Waals surface area (Å²) in [5.41, 5.74) is 0.695. The lowest BCUT2D eigenvalue weighted by atomic mass is 10.2. The van der Waals surface area contributed by atoms with Crippen LogP contribution in [0.2, 0.25) is 0 Å². The molecule has 1 aliphatic rings. The Morgan fingerprint density at radius 1 is 1.38 bits per heavy atom. The number of rotatable bonds is 7. The molecular weight excluding hydrogens is 326 g/mol. The van der Waals surface area contributed by atoms with Crippen LogP contribution < -0.4 is 10.6 Å². The highest BCUT2D eigenvalue weighted by molar-refractivity contribution is 7.99. The Balaban J connectivity index is 1.80. The summed E-state index contributed by atoms with van der Waals surface area (Å²) < 4.78 is 0. The molecule has 1 aromatic rings. The molecule has 0 aliphatic carbocycles. The first kappa shape index (κ1) is 18.3. The molecule has 1 aromatic heterocycles. The van der Waals surface area contributed by atoms with Gasteiger partial charge in [-0.15, -0.1) is 11.8 Å². The van der Waals surface area contributed by atoms with E-state index in [4.69, 9.17) is 0 Å². The molecule has 0 bridgehead atoms. The molecule has 2 amide bonds. The van der Waals surface area contributed by atoms with Crippen LogP contribution in [0.4, 0.5) is 5.95 Å². The van der Waals surface area contributed by atoms with Gasteiger partial charge in [0.25, 0.3) is 5.91 Å². The Hall–Kier alpha value is -2.09. The van der Waals surface area contributed by atoms with Crippen LogP contribution in [0.5, 0.6) is 0 Å². The van der Waals surface area contributed by atoms with Gasteiger partial charge in [0.05, 0.1) is 5.88 Å². The number of nitrogens with one attached hydrogen (secondary N) is 2. The van der Waals surface area contributed by atoms with Gasteiger partial charge in [-0.25, -0.2) is 9.97 Å².